The number of nitrogens with zero attached hydrogens (tertiary/aromatic N) is 2. The summed E-state index contributed by atoms with van der Waals surface area (Å²) in [6.07, 6.45) is 0.489. The molecule has 30 heavy (non-hydrogen) atoms. The molecular formula is C19H19ClFN3O5S. The number of hydrogen-bond donors (Lipinski definition) is 1. The molecule has 1 fully saturated rings. The Balaban J connectivity index is 1.69. The van der Waals surface area contributed by atoms with E-state index in [4.69, 9.17) is 11.6 Å². The monoisotopic (exact) mass is 455 g/mol. The Morgan fingerprint density at radius 2 is 1.90 bits per heavy atom. The first-order chi connectivity index (χ1) is 14.1. The highest BCUT2D eigenvalue weighted by Gasteiger charge is 2.33. The number of non-ortho nitro benzene ring substituents is 1. The van der Waals surface area contributed by atoms with Gasteiger partial charge in [-0.25, -0.2) is 12.8 Å². The molecule has 160 valence electrons. The van der Waals surface area contributed by atoms with Crippen LogP contribution in [0.15, 0.2) is 41.3 Å². The first kappa shape index (κ1) is 22.1. The van der Waals surface area contributed by atoms with Crippen molar-refractivity contribution in [2.45, 2.75) is 24.7 Å². The Kier molecular flexibility index (Phi) is 6.39. The van der Waals surface area contributed by atoms with Crippen molar-refractivity contribution in [1.82, 2.24) is 4.31 Å². The maximum Gasteiger partial charge on any atom is 0.270 e. The summed E-state index contributed by atoms with van der Waals surface area (Å²) in [5, 5.41) is 13.7. The SMILES string of the molecule is Cc1ccc([N+](=O)[O-])cc1S(=O)(=O)N1CCC(C(=O)Nc2ccc(Cl)cc2F)CC1. The minimum Gasteiger partial charge on any atom is -0.323 e. The van der Waals surface area contributed by atoms with Gasteiger partial charge >= 0.3 is 0 Å². The molecule has 0 saturated carbocycles. The van der Waals surface area contributed by atoms with Crippen molar-refractivity contribution < 1.29 is 22.5 Å². The Bertz CT molecular complexity index is 1100. The number of hydrogen-bond acceptors (Lipinski definition) is 5. The zero-order chi connectivity index (χ0) is 22.1. The van der Waals surface area contributed by atoms with Crippen LogP contribution < -0.4 is 5.32 Å². The second kappa shape index (κ2) is 8.66. The highest BCUT2D eigenvalue weighted by Crippen LogP contribution is 2.29. The highest BCUT2D eigenvalue weighted by molar-refractivity contribution is 7.89. The van der Waals surface area contributed by atoms with E-state index in [0.717, 1.165) is 12.1 Å². The molecule has 0 bridgehead atoms. The number of sulfonamides is 1. The van der Waals surface area contributed by atoms with Crippen molar-refractivity contribution in [3.05, 3.63) is 62.9 Å². The van der Waals surface area contributed by atoms with E-state index in [0.29, 0.717) is 5.56 Å². The summed E-state index contributed by atoms with van der Waals surface area (Å²) >= 11 is 5.70. The van der Waals surface area contributed by atoms with Crippen LogP contribution in [0.1, 0.15) is 18.4 Å². The molecule has 1 amide bonds. The third-order valence-electron chi connectivity index (χ3n) is 5.01. The molecule has 3 rings (SSSR count). The van der Waals surface area contributed by atoms with Gasteiger partial charge in [-0.1, -0.05) is 17.7 Å². The largest absolute Gasteiger partial charge is 0.323 e. The molecule has 1 N–H and O–H groups in total. The van der Waals surface area contributed by atoms with Gasteiger partial charge in [-0.05, 0) is 43.5 Å². The number of carbonyl (C=O) groups excluding carboxylic acids is 1. The van der Waals surface area contributed by atoms with Gasteiger partial charge in [0.25, 0.3) is 5.69 Å². The van der Waals surface area contributed by atoms with Crippen LogP contribution in [0.4, 0.5) is 15.8 Å². The predicted molar refractivity (Wildman–Crippen MR) is 109 cm³/mol. The Morgan fingerprint density at radius 1 is 1.23 bits per heavy atom. The van der Waals surface area contributed by atoms with Crippen LogP contribution >= 0.6 is 11.6 Å². The number of halogens is 2. The summed E-state index contributed by atoms with van der Waals surface area (Å²) in [7, 11) is -3.95. The number of anilines is 1. The van der Waals surface area contributed by atoms with Crippen LogP contribution in [-0.4, -0.2) is 36.6 Å². The second-order valence-corrected chi connectivity index (χ2v) is 9.34. The van der Waals surface area contributed by atoms with Gasteiger partial charge in [0.2, 0.25) is 15.9 Å². The minimum absolute atomic E-state index is 0.00618. The molecule has 2 aromatic rings. The highest BCUT2D eigenvalue weighted by atomic mass is 35.5. The van der Waals surface area contributed by atoms with E-state index in [2.05, 4.69) is 5.32 Å². The number of benzene rings is 2. The number of carbonyl (C=O) groups is 1. The number of piperidine rings is 1. The summed E-state index contributed by atoms with van der Waals surface area (Å²) in [5.74, 6) is -1.55. The summed E-state index contributed by atoms with van der Waals surface area (Å²) in [5.41, 5.74) is 0.101. The molecule has 0 radical (unpaired) electrons. The number of aryl methyl sites for hydroxylation is 1. The molecule has 0 aliphatic carbocycles. The van der Waals surface area contributed by atoms with Crippen LogP contribution in [0.2, 0.25) is 5.02 Å². The number of amides is 1. The lowest BCUT2D eigenvalue weighted by Crippen LogP contribution is -2.41. The fourth-order valence-corrected chi connectivity index (χ4v) is 5.18. The Labute approximate surface area is 177 Å². The normalized spacial score (nSPS) is 15.7. The van der Waals surface area contributed by atoms with E-state index < -0.39 is 32.6 Å². The fraction of sp³-hybridized carbons (Fsp3) is 0.316. The van der Waals surface area contributed by atoms with Crippen molar-refractivity contribution in [3.8, 4) is 0 Å². The topological polar surface area (TPSA) is 110 Å². The molecular weight excluding hydrogens is 437 g/mol. The van der Waals surface area contributed by atoms with Crippen LogP contribution in [0.3, 0.4) is 0 Å². The van der Waals surface area contributed by atoms with E-state index in [-0.39, 0.29) is 47.2 Å². The molecule has 8 nitrogen and oxygen atoms in total. The zero-order valence-corrected chi connectivity index (χ0v) is 17.5. The van der Waals surface area contributed by atoms with Crippen molar-refractivity contribution in [1.29, 1.82) is 0 Å². The number of nitro groups is 1. The average molecular weight is 456 g/mol. The van der Waals surface area contributed by atoms with E-state index in [1.54, 1.807) is 6.92 Å². The number of nitro benzene ring substituents is 1. The molecule has 2 aromatic carbocycles. The number of rotatable bonds is 5. The van der Waals surface area contributed by atoms with Gasteiger partial charge in [-0.2, -0.15) is 4.31 Å². The van der Waals surface area contributed by atoms with Gasteiger partial charge in [0.15, 0.2) is 0 Å². The van der Waals surface area contributed by atoms with Crippen molar-refractivity contribution in [2.75, 3.05) is 18.4 Å². The fourth-order valence-electron chi connectivity index (χ4n) is 3.30. The van der Waals surface area contributed by atoms with Crippen molar-refractivity contribution in [3.63, 3.8) is 0 Å². The minimum atomic E-state index is -3.95. The van der Waals surface area contributed by atoms with Gasteiger partial charge in [0.1, 0.15) is 5.82 Å². The molecule has 11 heteroatoms. The third kappa shape index (κ3) is 4.61. The van der Waals surface area contributed by atoms with Crippen molar-refractivity contribution >= 4 is 38.9 Å². The Hall–Kier alpha value is -2.56. The molecule has 0 atom stereocenters. The lowest BCUT2D eigenvalue weighted by Gasteiger charge is -2.30. The molecule has 1 aliphatic rings. The van der Waals surface area contributed by atoms with Crippen LogP contribution in [0, 0.1) is 28.8 Å². The van der Waals surface area contributed by atoms with E-state index in [1.807, 2.05) is 0 Å². The zero-order valence-electron chi connectivity index (χ0n) is 16.0. The summed E-state index contributed by atoms with van der Waals surface area (Å²) < 4.78 is 41.0. The lowest BCUT2D eigenvalue weighted by atomic mass is 9.97. The standard InChI is InChI=1S/C19H19ClFN3O5S/c1-12-2-4-15(24(26)27)11-18(12)30(28,29)23-8-6-13(7-9-23)19(25)22-17-5-3-14(20)10-16(17)21/h2-5,10-11,13H,6-9H2,1H3,(H,22,25). The number of nitrogens with one attached hydrogen (secondary N) is 1. The van der Waals surface area contributed by atoms with Crippen LogP contribution in [0.5, 0.6) is 0 Å². The van der Waals surface area contributed by atoms with Gasteiger partial charge in [0, 0.05) is 36.2 Å². The smallest absolute Gasteiger partial charge is 0.270 e. The van der Waals surface area contributed by atoms with Gasteiger partial charge in [-0.3, -0.25) is 14.9 Å². The molecule has 0 aromatic heterocycles. The maximum absolute atomic E-state index is 13.9. The molecule has 1 saturated heterocycles. The summed E-state index contributed by atoms with van der Waals surface area (Å²) in [6.45, 7) is 1.72. The third-order valence-corrected chi connectivity index (χ3v) is 7.29. The summed E-state index contributed by atoms with van der Waals surface area (Å²) in [6, 6.07) is 7.60. The van der Waals surface area contributed by atoms with Gasteiger partial charge in [0.05, 0.1) is 15.5 Å². The predicted octanol–water partition coefficient (Wildman–Crippen LogP) is 3.74. The second-order valence-electron chi connectivity index (χ2n) is 7.00. The first-order valence-electron chi connectivity index (χ1n) is 9.10. The molecule has 0 spiro atoms. The lowest BCUT2D eigenvalue weighted by molar-refractivity contribution is -0.385. The van der Waals surface area contributed by atoms with Crippen LogP contribution in [0.25, 0.3) is 0 Å². The van der Waals surface area contributed by atoms with E-state index in [1.165, 1.54) is 28.6 Å². The van der Waals surface area contributed by atoms with Gasteiger partial charge < -0.3 is 5.32 Å². The van der Waals surface area contributed by atoms with Crippen LogP contribution in [-0.2, 0) is 14.8 Å². The first-order valence-corrected chi connectivity index (χ1v) is 10.9. The maximum atomic E-state index is 13.9. The van der Waals surface area contributed by atoms with Gasteiger partial charge in [-0.15, -0.1) is 0 Å². The Morgan fingerprint density at radius 3 is 2.50 bits per heavy atom. The molecule has 0 unspecified atom stereocenters. The molecule has 1 heterocycles. The average Bonchev–Trinajstić information content (AvgIpc) is 2.70. The molecule has 1 aliphatic heterocycles. The quantitative estimate of drug-likeness (QED) is 0.545. The van der Waals surface area contributed by atoms with Crippen molar-refractivity contribution in [2.24, 2.45) is 5.92 Å². The van der Waals surface area contributed by atoms with E-state index in [9.17, 15) is 27.7 Å². The summed E-state index contributed by atoms with van der Waals surface area (Å²) in [4.78, 5) is 22.7. The van der Waals surface area contributed by atoms with E-state index >= 15 is 0 Å².